The standard InChI is InChI=1S/C16H18N2O2/c1-12(16(17)18-19)20-15-9-7-14(8-10-15)11-13-5-3-2-4-6-13/h2-10,12,19H,11H2,1H3,(H2,17,18). The van der Waals surface area contributed by atoms with Crippen molar-refractivity contribution in [3.63, 3.8) is 0 Å². The van der Waals surface area contributed by atoms with E-state index in [1.807, 2.05) is 42.5 Å². The first-order valence-corrected chi connectivity index (χ1v) is 6.46. The minimum Gasteiger partial charge on any atom is -0.483 e. The molecule has 0 amide bonds. The summed E-state index contributed by atoms with van der Waals surface area (Å²) in [5.41, 5.74) is 7.95. The lowest BCUT2D eigenvalue weighted by atomic mass is 10.1. The van der Waals surface area contributed by atoms with Crippen LogP contribution >= 0.6 is 0 Å². The largest absolute Gasteiger partial charge is 0.483 e. The molecule has 1 atom stereocenters. The van der Waals surface area contributed by atoms with Crippen LogP contribution < -0.4 is 10.5 Å². The number of hydrogen-bond donors (Lipinski definition) is 2. The van der Waals surface area contributed by atoms with E-state index in [9.17, 15) is 0 Å². The zero-order valence-electron chi connectivity index (χ0n) is 11.4. The van der Waals surface area contributed by atoms with Crippen LogP contribution in [0.4, 0.5) is 0 Å². The summed E-state index contributed by atoms with van der Waals surface area (Å²) in [7, 11) is 0. The topological polar surface area (TPSA) is 67.8 Å². The smallest absolute Gasteiger partial charge is 0.180 e. The first kappa shape index (κ1) is 13.9. The van der Waals surface area contributed by atoms with Gasteiger partial charge in [-0.05, 0) is 36.6 Å². The summed E-state index contributed by atoms with van der Waals surface area (Å²) >= 11 is 0. The summed E-state index contributed by atoms with van der Waals surface area (Å²) in [5.74, 6) is 0.749. The van der Waals surface area contributed by atoms with Crippen LogP contribution in [0.5, 0.6) is 5.75 Å². The summed E-state index contributed by atoms with van der Waals surface area (Å²) in [4.78, 5) is 0. The van der Waals surface area contributed by atoms with Gasteiger partial charge in [0.1, 0.15) is 5.75 Å². The molecule has 0 saturated carbocycles. The Labute approximate surface area is 118 Å². The van der Waals surface area contributed by atoms with Gasteiger partial charge in [0.15, 0.2) is 11.9 Å². The van der Waals surface area contributed by atoms with E-state index < -0.39 is 6.10 Å². The minimum absolute atomic E-state index is 0.0540. The Morgan fingerprint density at radius 1 is 1.10 bits per heavy atom. The number of nitrogens with two attached hydrogens (primary N) is 1. The first-order chi connectivity index (χ1) is 9.69. The highest BCUT2D eigenvalue weighted by Crippen LogP contribution is 2.16. The van der Waals surface area contributed by atoms with Gasteiger partial charge >= 0.3 is 0 Å². The quantitative estimate of drug-likeness (QED) is 0.380. The average Bonchev–Trinajstić information content (AvgIpc) is 2.49. The SMILES string of the molecule is CC(Oc1ccc(Cc2ccccc2)cc1)C(N)=NO. The number of rotatable bonds is 5. The molecular weight excluding hydrogens is 252 g/mol. The van der Waals surface area contributed by atoms with E-state index in [2.05, 4.69) is 17.3 Å². The average molecular weight is 270 g/mol. The third-order valence-electron chi connectivity index (χ3n) is 3.02. The van der Waals surface area contributed by atoms with Crippen LogP contribution in [0.1, 0.15) is 18.1 Å². The summed E-state index contributed by atoms with van der Waals surface area (Å²) in [5, 5.41) is 11.5. The van der Waals surface area contributed by atoms with Gasteiger partial charge in [-0.3, -0.25) is 0 Å². The molecule has 0 aliphatic rings. The monoisotopic (exact) mass is 270 g/mol. The lowest BCUT2D eigenvalue weighted by Gasteiger charge is -2.13. The molecule has 4 heteroatoms. The van der Waals surface area contributed by atoms with Crippen molar-refractivity contribution in [2.45, 2.75) is 19.4 Å². The fourth-order valence-electron chi connectivity index (χ4n) is 1.86. The molecule has 1 unspecified atom stereocenters. The molecule has 4 nitrogen and oxygen atoms in total. The Bertz CT molecular complexity index is 565. The highest BCUT2D eigenvalue weighted by Gasteiger charge is 2.09. The molecule has 3 N–H and O–H groups in total. The van der Waals surface area contributed by atoms with Gasteiger partial charge in [-0.25, -0.2) is 0 Å². The van der Waals surface area contributed by atoms with E-state index in [-0.39, 0.29) is 5.84 Å². The van der Waals surface area contributed by atoms with Crippen molar-refractivity contribution < 1.29 is 9.94 Å². The second-order valence-corrected chi connectivity index (χ2v) is 4.59. The fraction of sp³-hybridized carbons (Fsp3) is 0.188. The van der Waals surface area contributed by atoms with Crippen molar-refractivity contribution in [3.8, 4) is 5.75 Å². The Kier molecular flexibility index (Phi) is 4.60. The molecule has 2 aromatic carbocycles. The van der Waals surface area contributed by atoms with E-state index in [0.717, 1.165) is 6.42 Å². The third-order valence-corrected chi connectivity index (χ3v) is 3.02. The van der Waals surface area contributed by atoms with Gasteiger partial charge in [0, 0.05) is 0 Å². The van der Waals surface area contributed by atoms with E-state index in [4.69, 9.17) is 15.7 Å². The number of ether oxygens (including phenoxy) is 1. The first-order valence-electron chi connectivity index (χ1n) is 6.46. The second kappa shape index (κ2) is 6.61. The minimum atomic E-state index is -0.458. The molecule has 0 fully saturated rings. The summed E-state index contributed by atoms with van der Waals surface area (Å²) < 4.78 is 5.56. The van der Waals surface area contributed by atoms with Gasteiger partial charge in [-0.15, -0.1) is 0 Å². The van der Waals surface area contributed by atoms with Crippen molar-refractivity contribution in [2.24, 2.45) is 10.9 Å². The van der Waals surface area contributed by atoms with Crippen molar-refractivity contribution in [1.82, 2.24) is 0 Å². The van der Waals surface area contributed by atoms with Crippen molar-refractivity contribution in [2.75, 3.05) is 0 Å². The summed E-state index contributed by atoms with van der Waals surface area (Å²) in [6.45, 7) is 1.73. The van der Waals surface area contributed by atoms with E-state index in [1.54, 1.807) is 6.92 Å². The van der Waals surface area contributed by atoms with Crippen LogP contribution in [0.3, 0.4) is 0 Å². The second-order valence-electron chi connectivity index (χ2n) is 4.59. The molecule has 2 aromatic rings. The highest BCUT2D eigenvalue weighted by atomic mass is 16.5. The molecule has 0 aliphatic carbocycles. The number of hydrogen-bond acceptors (Lipinski definition) is 3. The van der Waals surface area contributed by atoms with Crippen LogP contribution in [0.2, 0.25) is 0 Å². The predicted molar refractivity (Wildman–Crippen MR) is 79.2 cm³/mol. The normalized spacial score (nSPS) is 12.9. The molecule has 0 spiro atoms. The van der Waals surface area contributed by atoms with Crippen LogP contribution in [-0.4, -0.2) is 17.1 Å². The maximum atomic E-state index is 8.57. The van der Waals surface area contributed by atoms with Gasteiger partial charge in [0.05, 0.1) is 0 Å². The Morgan fingerprint density at radius 3 is 2.30 bits per heavy atom. The number of oxime groups is 1. The third kappa shape index (κ3) is 3.75. The van der Waals surface area contributed by atoms with Crippen LogP contribution in [0.25, 0.3) is 0 Å². The summed E-state index contributed by atoms with van der Waals surface area (Å²) in [6, 6.07) is 18.1. The van der Waals surface area contributed by atoms with Crippen molar-refractivity contribution in [1.29, 1.82) is 0 Å². The van der Waals surface area contributed by atoms with Crippen molar-refractivity contribution >= 4 is 5.84 Å². The molecular formula is C16H18N2O2. The molecule has 0 saturated heterocycles. The zero-order chi connectivity index (χ0) is 14.4. The number of nitrogens with zero attached hydrogens (tertiary/aromatic N) is 1. The Hall–Kier alpha value is -2.49. The van der Waals surface area contributed by atoms with Gasteiger partial charge in [-0.1, -0.05) is 47.6 Å². The van der Waals surface area contributed by atoms with Gasteiger partial charge in [-0.2, -0.15) is 0 Å². The van der Waals surface area contributed by atoms with Gasteiger partial charge in [0.25, 0.3) is 0 Å². The molecule has 20 heavy (non-hydrogen) atoms. The lowest BCUT2D eigenvalue weighted by molar-refractivity contribution is 0.265. The number of amidine groups is 1. The molecule has 2 rings (SSSR count). The maximum absolute atomic E-state index is 8.57. The lowest BCUT2D eigenvalue weighted by Crippen LogP contribution is -2.31. The molecule has 0 heterocycles. The molecule has 0 aromatic heterocycles. The molecule has 0 bridgehead atoms. The Balaban J connectivity index is 2.00. The maximum Gasteiger partial charge on any atom is 0.180 e. The van der Waals surface area contributed by atoms with E-state index >= 15 is 0 Å². The van der Waals surface area contributed by atoms with Crippen LogP contribution in [0, 0.1) is 0 Å². The molecule has 0 radical (unpaired) electrons. The fourth-order valence-corrected chi connectivity index (χ4v) is 1.86. The van der Waals surface area contributed by atoms with E-state index in [1.165, 1.54) is 11.1 Å². The van der Waals surface area contributed by atoms with Crippen LogP contribution in [-0.2, 0) is 6.42 Å². The molecule has 0 aliphatic heterocycles. The highest BCUT2D eigenvalue weighted by molar-refractivity contribution is 5.84. The Morgan fingerprint density at radius 2 is 1.70 bits per heavy atom. The van der Waals surface area contributed by atoms with Crippen molar-refractivity contribution in [3.05, 3.63) is 65.7 Å². The number of benzene rings is 2. The zero-order valence-corrected chi connectivity index (χ0v) is 11.4. The van der Waals surface area contributed by atoms with E-state index in [0.29, 0.717) is 5.75 Å². The molecule has 104 valence electrons. The summed E-state index contributed by atoms with van der Waals surface area (Å²) in [6.07, 6.45) is 0.427. The van der Waals surface area contributed by atoms with Gasteiger partial charge in [0.2, 0.25) is 0 Å². The predicted octanol–water partition coefficient (Wildman–Crippen LogP) is 2.79. The van der Waals surface area contributed by atoms with Gasteiger partial charge < -0.3 is 15.7 Å². The van der Waals surface area contributed by atoms with Crippen LogP contribution in [0.15, 0.2) is 59.8 Å².